The molecular weight excluding hydrogens is 224 g/mol. The lowest BCUT2D eigenvalue weighted by molar-refractivity contribution is 0.354. The Morgan fingerprint density at radius 1 is 1.27 bits per heavy atom. The van der Waals surface area contributed by atoms with Crippen molar-refractivity contribution in [1.29, 1.82) is 0 Å². The average Bonchev–Trinajstić information content (AvgIpc) is 2.09. The zero-order chi connectivity index (χ0) is 11.6. The topological polar surface area (TPSA) is 104 Å². The fourth-order valence-electron chi connectivity index (χ4n) is 0.928. The first-order chi connectivity index (χ1) is 6.83. The van der Waals surface area contributed by atoms with Gasteiger partial charge in [0.2, 0.25) is 5.75 Å². The van der Waals surface area contributed by atoms with Gasteiger partial charge in [0, 0.05) is 0 Å². The van der Waals surface area contributed by atoms with Crippen LogP contribution in [-0.2, 0) is 10.4 Å². The Bertz CT molecular complexity index is 467. The first-order valence-corrected chi connectivity index (χ1v) is 5.05. The van der Waals surface area contributed by atoms with E-state index in [1.807, 2.05) is 0 Å². The van der Waals surface area contributed by atoms with Crippen LogP contribution in [0.1, 0.15) is 5.56 Å². The monoisotopic (exact) mass is 232 g/mol. The molecule has 0 heterocycles. The van der Waals surface area contributed by atoms with E-state index in [1.165, 1.54) is 6.08 Å². The van der Waals surface area contributed by atoms with Crippen molar-refractivity contribution in [2.24, 2.45) is 0 Å². The van der Waals surface area contributed by atoms with Crippen LogP contribution in [0.15, 0.2) is 18.7 Å². The Hall–Kier alpha value is -1.73. The van der Waals surface area contributed by atoms with Gasteiger partial charge in [0.05, 0.1) is 0 Å². The van der Waals surface area contributed by atoms with Crippen molar-refractivity contribution in [3.8, 4) is 17.2 Å². The molecule has 0 saturated carbocycles. The fourth-order valence-corrected chi connectivity index (χ4v) is 1.31. The summed E-state index contributed by atoms with van der Waals surface area (Å²) in [4.78, 5) is 0. The average molecular weight is 232 g/mol. The first-order valence-electron chi connectivity index (χ1n) is 3.69. The minimum Gasteiger partial charge on any atom is -0.504 e. The van der Waals surface area contributed by atoms with E-state index in [4.69, 9.17) is 4.55 Å². The van der Waals surface area contributed by atoms with E-state index in [-0.39, 0.29) is 0 Å². The van der Waals surface area contributed by atoms with Gasteiger partial charge in [-0.3, -0.25) is 4.55 Å². The van der Waals surface area contributed by atoms with E-state index in [2.05, 4.69) is 10.8 Å². The summed E-state index contributed by atoms with van der Waals surface area (Å²) in [6.07, 6.45) is 1.33. The summed E-state index contributed by atoms with van der Waals surface area (Å²) in [5.74, 6) is -1.98. The number of hydrogen-bond donors (Lipinski definition) is 3. The molecule has 0 atom stereocenters. The number of hydrogen-bond acceptors (Lipinski definition) is 5. The lowest BCUT2D eigenvalue weighted by Crippen LogP contribution is -2.07. The predicted molar refractivity (Wildman–Crippen MR) is 52.0 cm³/mol. The van der Waals surface area contributed by atoms with Crippen molar-refractivity contribution in [2.45, 2.75) is 0 Å². The largest absolute Gasteiger partial charge is 0.504 e. The molecule has 0 saturated heterocycles. The Labute approximate surface area is 86.0 Å². The smallest absolute Gasteiger partial charge is 0.446 e. The van der Waals surface area contributed by atoms with E-state index < -0.39 is 27.6 Å². The van der Waals surface area contributed by atoms with Crippen molar-refractivity contribution < 1.29 is 27.4 Å². The van der Waals surface area contributed by atoms with Gasteiger partial charge < -0.3 is 14.4 Å². The van der Waals surface area contributed by atoms with Gasteiger partial charge in [0.25, 0.3) is 0 Å². The summed E-state index contributed by atoms with van der Waals surface area (Å²) >= 11 is 0. The number of benzene rings is 1. The summed E-state index contributed by atoms with van der Waals surface area (Å²) in [6, 6.07) is 2.24. The van der Waals surface area contributed by atoms with Crippen LogP contribution >= 0.6 is 0 Å². The molecule has 0 aromatic heterocycles. The number of rotatable bonds is 3. The molecule has 0 bridgehead atoms. The first kappa shape index (κ1) is 11.3. The Morgan fingerprint density at radius 2 is 1.73 bits per heavy atom. The van der Waals surface area contributed by atoms with Crippen molar-refractivity contribution in [3.05, 3.63) is 24.3 Å². The zero-order valence-electron chi connectivity index (χ0n) is 7.41. The molecule has 82 valence electrons. The van der Waals surface area contributed by atoms with E-state index >= 15 is 0 Å². The summed E-state index contributed by atoms with van der Waals surface area (Å²) in [7, 11) is -4.79. The molecule has 1 rings (SSSR count). The third kappa shape index (κ3) is 2.86. The minimum atomic E-state index is -4.79. The standard InChI is InChI=1S/C8H8O6S/c1-2-5-3-6(9)8(7(10)4-5)14-15(11,12)13/h2-4,9-10H,1H2,(H,11,12,13). The molecule has 0 aliphatic rings. The highest BCUT2D eigenvalue weighted by atomic mass is 32.3. The van der Waals surface area contributed by atoms with Gasteiger partial charge in [-0.25, -0.2) is 0 Å². The second kappa shape index (κ2) is 3.79. The van der Waals surface area contributed by atoms with Gasteiger partial charge in [-0.05, 0) is 17.7 Å². The second-order valence-corrected chi connectivity index (χ2v) is 3.63. The lowest BCUT2D eigenvalue weighted by atomic mass is 10.2. The molecular formula is C8H8O6S. The number of phenols is 2. The number of aromatic hydroxyl groups is 2. The quantitative estimate of drug-likeness (QED) is 0.669. The van der Waals surface area contributed by atoms with Crippen LogP contribution in [0.25, 0.3) is 6.08 Å². The Morgan fingerprint density at radius 3 is 2.07 bits per heavy atom. The number of phenolic OH excluding ortho intramolecular Hbond substituents is 2. The molecule has 0 aliphatic heterocycles. The highest BCUT2D eigenvalue weighted by molar-refractivity contribution is 7.81. The third-order valence-electron chi connectivity index (χ3n) is 1.50. The molecule has 0 fully saturated rings. The van der Waals surface area contributed by atoms with Gasteiger partial charge in [-0.15, -0.1) is 0 Å². The SMILES string of the molecule is C=Cc1cc(O)c(OS(=O)(=O)O)c(O)c1. The van der Waals surface area contributed by atoms with Crippen LogP contribution in [0.5, 0.6) is 17.2 Å². The summed E-state index contributed by atoms with van der Waals surface area (Å²) in [6.45, 7) is 3.39. The zero-order valence-corrected chi connectivity index (χ0v) is 8.23. The van der Waals surface area contributed by atoms with Gasteiger partial charge in [-0.2, -0.15) is 8.42 Å². The van der Waals surface area contributed by atoms with Crippen LogP contribution < -0.4 is 4.18 Å². The normalized spacial score (nSPS) is 11.0. The third-order valence-corrected chi connectivity index (χ3v) is 1.87. The highest BCUT2D eigenvalue weighted by Crippen LogP contribution is 2.37. The molecule has 3 N–H and O–H groups in total. The van der Waals surface area contributed by atoms with Crippen molar-refractivity contribution in [1.82, 2.24) is 0 Å². The highest BCUT2D eigenvalue weighted by Gasteiger charge is 2.16. The second-order valence-electron chi connectivity index (χ2n) is 2.60. The molecule has 6 nitrogen and oxygen atoms in total. The fraction of sp³-hybridized carbons (Fsp3) is 0. The molecule has 1 aromatic rings. The van der Waals surface area contributed by atoms with Crippen LogP contribution in [-0.4, -0.2) is 23.2 Å². The van der Waals surface area contributed by atoms with E-state index in [9.17, 15) is 18.6 Å². The van der Waals surface area contributed by atoms with E-state index in [0.717, 1.165) is 12.1 Å². The van der Waals surface area contributed by atoms with Crippen molar-refractivity contribution in [2.75, 3.05) is 0 Å². The maximum absolute atomic E-state index is 10.4. The Kier molecular flexibility index (Phi) is 2.87. The molecule has 1 aromatic carbocycles. The molecule has 0 unspecified atom stereocenters. The van der Waals surface area contributed by atoms with Crippen LogP contribution in [0.2, 0.25) is 0 Å². The van der Waals surface area contributed by atoms with E-state index in [1.54, 1.807) is 0 Å². The van der Waals surface area contributed by atoms with Gasteiger partial charge in [0.15, 0.2) is 11.5 Å². The van der Waals surface area contributed by atoms with E-state index in [0.29, 0.717) is 5.56 Å². The van der Waals surface area contributed by atoms with Crippen LogP contribution in [0, 0.1) is 0 Å². The van der Waals surface area contributed by atoms with Crippen molar-refractivity contribution in [3.63, 3.8) is 0 Å². The van der Waals surface area contributed by atoms with Crippen LogP contribution in [0.3, 0.4) is 0 Å². The molecule has 0 aliphatic carbocycles. The maximum Gasteiger partial charge on any atom is 0.446 e. The van der Waals surface area contributed by atoms with Gasteiger partial charge in [-0.1, -0.05) is 12.7 Å². The van der Waals surface area contributed by atoms with Crippen molar-refractivity contribution >= 4 is 16.5 Å². The molecule has 0 radical (unpaired) electrons. The summed E-state index contributed by atoms with van der Waals surface area (Å²) in [5.41, 5.74) is 0.368. The summed E-state index contributed by atoms with van der Waals surface area (Å²) in [5, 5.41) is 18.5. The molecule has 7 heteroatoms. The van der Waals surface area contributed by atoms with Gasteiger partial charge >= 0.3 is 10.4 Å². The van der Waals surface area contributed by atoms with Gasteiger partial charge in [0.1, 0.15) is 0 Å². The maximum atomic E-state index is 10.4. The molecule has 15 heavy (non-hydrogen) atoms. The predicted octanol–water partition coefficient (Wildman–Crippen LogP) is 0.922. The van der Waals surface area contributed by atoms with Crippen LogP contribution in [0.4, 0.5) is 0 Å². The lowest BCUT2D eigenvalue weighted by Gasteiger charge is -2.07. The summed E-state index contributed by atoms with van der Waals surface area (Å²) < 4.78 is 33.0. The Balaban J connectivity index is 3.26. The molecule has 0 amide bonds. The molecule has 0 spiro atoms. The minimum absolute atomic E-state index is 0.368.